The van der Waals surface area contributed by atoms with Gasteiger partial charge in [-0.2, -0.15) is 0 Å². The molecule has 19 heavy (non-hydrogen) atoms. The molecule has 2 heterocycles. The highest BCUT2D eigenvalue weighted by Crippen LogP contribution is 2.14. The number of carbonyl (C=O) groups excluding carboxylic acids is 1. The fraction of sp³-hybridized carbons (Fsp3) is 0.769. The minimum absolute atomic E-state index is 0.0481. The molecule has 1 aromatic rings. The fourth-order valence-electron chi connectivity index (χ4n) is 2.55. The molecule has 0 aliphatic carbocycles. The molecule has 0 atom stereocenters. The van der Waals surface area contributed by atoms with Crippen molar-refractivity contribution >= 4 is 5.91 Å². The molecular formula is C13H23N5O. The summed E-state index contributed by atoms with van der Waals surface area (Å²) < 4.78 is 0. The summed E-state index contributed by atoms with van der Waals surface area (Å²) in [7, 11) is 0. The zero-order valence-corrected chi connectivity index (χ0v) is 11.8. The quantitative estimate of drug-likeness (QED) is 0.832. The number of piperidine rings is 1. The van der Waals surface area contributed by atoms with E-state index in [-0.39, 0.29) is 5.91 Å². The molecule has 0 aromatic carbocycles. The van der Waals surface area contributed by atoms with Crippen molar-refractivity contribution < 1.29 is 4.79 Å². The van der Waals surface area contributed by atoms with E-state index in [2.05, 4.69) is 27.4 Å². The van der Waals surface area contributed by atoms with Crippen molar-refractivity contribution in [3.8, 4) is 0 Å². The van der Waals surface area contributed by atoms with E-state index in [4.69, 9.17) is 0 Å². The molecule has 6 heteroatoms. The Kier molecular flexibility index (Phi) is 4.90. The predicted molar refractivity (Wildman–Crippen MR) is 73.0 cm³/mol. The maximum Gasteiger partial charge on any atom is 0.293 e. The third kappa shape index (κ3) is 3.32. The van der Waals surface area contributed by atoms with Gasteiger partial charge in [0.1, 0.15) is 5.82 Å². The van der Waals surface area contributed by atoms with Crippen molar-refractivity contribution in [1.82, 2.24) is 25.4 Å². The first-order chi connectivity index (χ1) is 9.26. The smallest absolute Gasteiger partial charge is 0.293 e. The van der Waals surface area contributed by atoms with Crippen LogP contribution >= 0.6 is 0 Å². The minimum Gasteiger partial charge on any atom is -0.333 e. The zero-order valence-electron chi connectivity index (χ0n) is 11.8. The Morgan fingerprint density at radius 3 is 2.74 bits per heavy atom. The molecule has 1 aromatic heterocycles. The van der Waals surface area contributed by atoms with Gasteiger partial charge in [-0.15, -0.1) is 5.10 Å². The minimum atomic E-state index is -0.0481. The maximum absolute atomic E-state index is 12.5. The normalized spacial score (nSPS) is 16.5. The van der Waals surface area contributed by atoms with Crippen LogP contribution in [0.4, 0.5) is 0 Å². The standard InChI is InChI=1S/C13H23N5O/c1-3-5-11-15-12(17-16-11)13(19)18(4-2)10-6-8-14-9-7-10/h10,14H,3-9H2,1-2H3,(H,15,16,17). The molecule has 0 bridgehead atoms. The van der Waals surface area contributed by atoms with Crippen LogP contribution in [0.25, 0.3) is 0 Å². The first-order valence-corrected chi connectivity index (χ1v) is 7.19. The van der Waals surface area contributed by atoms with Gasteiger partial charge >= 0.3 is 0 Å². The van der Waals surface area contributed by atoms with E-state index in [1.807, 2.05) is 11.8 Å². The monoisotopic (exact) mass is 265 g/mol. The summed E-state index contributed by atoms with van der Waals surface area (Å²) in [6.07, 6.45) is 3.84. The van der Waals surface area contributed by atoms with Crippen molar-refractivity contribution in [2.45, 2.75) is 45.6 Å². The molecule has 0 saturated carbocycles. The number of hydrogen-bond donors (Lipinski definition) is 2. The maximum atomic E-state index is 12.5. The number of amides is 1. The molecule has 0 radical (unpaired) electrons. The van der Waals surface area contributed by atoms with E-state index in [0.717, 1.165) is 44.6 Å². The Morgan fingerprint density at radius 2 is 2.11 bits per heavy atom. The summed E-state index contributed by atoms with van der Waals surface area (Å²) in [5, 5.41) is 10.2. The lowest BCUT2D eigenvalue weighted by Crippen LogP contribution is -2.46. The second-order valence-corrected chi connectivity index (χ2v) is 4.93. The average molecular weight is 265 g/mol. The predicted octanol–water partition coefficient (Wildman–Crippen LogP) is 0.971. The van der Waals surface area contributed by atoms with Crippen LogP contribution in [0, 0.1) is 0 Å². The summed E-state index contributed by atoms with van der Waals surface area (Å²) in [5.74, 6) is 1.06. The number of aromatic amines is 1. The molecule has 2 rings (SSSR count). The first-order valence-electron chi connectivity index (χ1n) is 7.19. The number of H-pyrrole nitrogens is 1. The van der Waals surface area contributed by atoms with Gasteiger partial charge < -0.3 is 10.2 Å². The third-order valence-electron chi connectivity index (χ3n) is 3.56. The third-order valence-corrected chi connectivity index (χ3v) is 3.56. The summed E-state index contributed by atoms with van der Waals surface area (Å²) in [6, 6.07) is 0.312. The number of hydrogen-bond acceptors (Lipinski definition) is 4. The second kappa shape index (κ2) is 6.65. The number of nitrogens with zero attached hydrogens (tertiary/aromatic N) is 3. The van der Waals surface area contributed by atoms with Crippen LogP contribution in [0.1, 0.15) is 49.6 Å². The summed E-state index contributed by atoms with van der Waals surface area (Å²) in [6.45, 7) is 6.76. The summed E-state index contributed by atoms with van der Waals surface area (Å²) in [4.78, 5) is 18.6. The summed E-state index contributed by atoms with van der Waals surface area (Å²) >= 11 is 0. The van der Waals surface area contributed by atoms with E-state index >= 15 is 0 Å². The largest absolute Gasteiger partial charge is 0.333 e. The Hall–Kier alpha value is -1.43. The van der Waals surface area contributed by atoms with Gasteiger partial charge in [0.25, 0.3) is 5.91 Å². The lowest BCUT2D eigenvalue weighted by Gasteiger charge is -2.33. The molecule has 106 valence electrons. The van der Waals surface area contributed by atoms with E-state index in [1.54, 1.807) is 0 Å². The van der Waals surface area contributed by atoms with Gasteiger partial charge in [0.05, 0.1) is 0 Å². The number of nitrogens with one attached hydrogen (secondary N) is 2. The van der Waals surface area contributed by atoms with Gasteiger partial charge in [-0.25, -0.2) is 4.98 Å². The Bertz CT molecular complexity index is 411. The van der Waals surface area contributed by atoms with Crippen molar-refractivity contribution in [3.05, 3.63) is 11.6 Å². The average Bonchev–Trinajstić information content (AvgIpc) is 2.90. The van der Waals surface area contributed by atoms with E-state index in [0.29, 0.717) is 18.4 Å². The van der Waals surface area contributed by atoms with Crippen molar-refractivity contribution in [2.24, 2.45) is 0 Å². The number of carbonyl (C=O) groups is 1. The van der Waals surface area contributed by atoms with Crippen molar-refractivity contribution in [1.29, 1.82) is 0 Å². The molecule has 0 unspecified atom stereocenters. The molecule has 0 spiro atoms. The van der Waals surface area contributed by atoms with Gasteiger partial charge in [-0.3, -0.25) is 9.89 Å². The van der Waals surface area contributed by atoms with Gasteiger partial charge in [0.2, 0.25) is 5.82 Å². The molecule has 1 aliphatic heterocycles. The number of aryl methyl sites for hydroxylation is 1. The van der Waals surface area contributed by atoms with Gasteiger partial charge in [-0.1, -0.05) is 6.92 Å². The Labute approximate surface area is 114 Å². The Balaban J connectivity index is 2.05. The van der Waals surface area contributed by atoms with Crippen LogP contribution in [-0.2, 0) is 6.42 Å². The van der Waals surface area contributed by atoms with Crippen LogP contribution in [-0.4, -0.2) is 51.7 Å². The highest BCUT2D eigenvalue weighted by molar-refractivity contribution is 5.90. The van der Waals surface area contributed by atoms with Crippen LogP contribution in [0.5, 0.6) is 0 Å². The molecule has 1 amide bonds. The SMILES string of the molecule is CCCc1nc(C(=O)N(CC)C2CCNCC2)n[nH]1. The molecular weight excluding hydrogens is 242 g/mol. The number of rotatable bonds is 5. The van der Waals surface area contributed by atoms with Gasteiger partial charge in [-0.05, 0) is 39.3 Å². The lowest BCUT2D eigenvalue weighted by atomic mass is 10.0. The van der Waals surface area contributed by atoms with E-state index < -0.39 is 0 Å². The van der Waals surface area contributed by atoms with E-state index in [9.17, 15) is 4.79 Å². The zero-order chi connectivity index (χ0) is 13.7. The molecule has 6 nitrogen and oxygen atoms in total. The molecule has 1 fully saturated rings. The van der Waals surface area contributed by atoms with Gasteiger partial charge in [0, 0.05) is 19.0 Å². The molecule has 2 N–H and O–H groups in total. The second-order valence-electron chi connectivity index (χ2n) is 4.93. The van der Waals surface area contributed by atoms with Crippen LogP contribution < -0.4 is 5.32 Å². The fourth-order valence-corrected chi connectivity index (χ4v) is 2.55. The molecule has 1 aliphatic rings. The molecule has 1 saturated heterocycles. The van der Waals surface area contributed by atoms with Crippen LogP contribution in [0.3, 0.4) is 0 Å². The van der Waals surface area contributed by atoms with Crippen molar-refractivity contribution in [3.63, 3.8) is 0 Å². The van der Waals surface area contributed by atoms with Crippen LogP contribution in [0.2, 0.25) is 0 Å². The lowest BCUT2D eigenvalue weighted by molar-refractivity contribution is 0.0644. The van der Waals surface area contributed by atoms with Crippen LogP contribution in [0.15, 0.2) is 0 Å². The van der Waals surface area contributed by atoms with E-state index in [1.165, 1.54) is 0 Å². The highest BCUT2D eigenvalue weighted by Gasteiger charge is 2.27. The topological polar surface area (TPSA) is 73.9 Å². The first kappa shape index (κ1) is 14.0. The Morgan fingerprint density at radius 1 is 1.37 bits per heavy atom. The van der Waals surface area contributed by atoms with Crippen molar-refractivity contribution in [2.75, 3.05) is 19.6 Å². The van der Waals surface area contributed by atoms with Gasteiger partial charge in [0.15, 0.2) is 0 Å². The summed E-state index contributed by atoms with van der Waals surface area (Å²) in [5.41, 5.74) is 0. The highest BCUT2D eigenvalue weighted by atomic mass is 16.2. The number of aromatic nitrogens is 3.